The molecule has 0 aromatic carbocycles. The Labute approximate surface area is 96.2 Å². The lowest BCUT2D eigenvalue weighted by molar-refractivity contribution is 0.0384. The van der Waals surface area contributed by atoms with Gasteiger partial charge in [-0.25, -0.2) is 4.98 Å². The molecule has 0 bridgehead atoms. The van der Waals surface area contributed by atoms with Crippen LogP contribution in [0.4, 0.5) is 0 Å². The Morgan fingerprint density at radius 3 is 3.00 bits per heavy atom. The molecule has 0 saturated carbocycles. The Kier molecular flexibility index (Phi) is 4.33. The second-order valence-electron chi connectivity index (χ2n) is 4.12. The molecule has 1 aliphatic rings. The number of imidazole rings is 1. The maximum atomic E-state index is 5.30. The predicted molar refractivity (Wildman–Crippen MR) is 62.3 cm³/mol. The van der Waals surface area contributed by atoms with Gasteiger partial charge in [0, 0.05) is 44.6 Å². The first kappa shape index (κ1) is 11.6. The highest BCUT2D eigenvalue weighted by atomic mass is 16.5. The van der Waals surface area contributed by atoms with Crippen LogP contribution in [0, 0.1) is 6.92 Å². The number of rotatable bonds is 5. The number of aromatic nitrogens is 2. The topological polar surface area (TPSA) is 53.2 Å². The van der Waals surface area contributed by atoms with Gasteiger partial charge in [-0.2, -0.15) is 0 Å². The summed E-state index contributed by atoms with van der Waals surface area (Å²) in [4.78, 5) is 9.80. The molecule has 0 atom stereocenters. The first-order valence-electron chi connectivity index (χ1n) is 5.86. The van der Waals surface area contributed by atoms with Gasteiger partial charge >= 0.3 is 0 Å². The van der Waals surface area contributed by atoms with E-state index in [9.17, 15) is 0 Å². The van der Waals surface area contributed by atoms with E-state index in [2.05, 4.69) is 20.2 Å². The smallest absolute Gasteiger partial charge is 0.103 e. The van der Waals surface area contributed by atoms with Crippen LogP contribution in [0.25, 0.3) is 0 Å². The summed E-state index contributed by atoms with van der Waals surface area (Å²) in [6.45, 7) is 8.81. The molecule has 0 unspecified atom stereocenters. The number of hydrogen-bond acceptors (Lipinski definition) is 4. The fourth-order valence-electron chi connectivity index (χ4n) is 1.85. The molecule has 0 radical (unpaired) electrons. The van der Waals surface area contributed by atoms with E-state index in [0.717, 1.165) is 57.5 Å². The number of aromatic amines is 1. The van der Waals surface area contributed by atoms with Crippen molar-refractivity contribution in [1.82, 2.24) is 20.2 Å². The van der Waals surface area contributed by atoms with Gasteiger partial charge in [-0.3, -0.25) is 4.90 Å². The molecule has 5 nitrogen and oxygen atoms in total. The van der Waals surface area contributed by atoms with E-state index >= 15 is 0 Å². The molecule has 1 aliphatic heterocycles. The van der Waals surface area contributed by atoms with Crippen molar-refractivity contribution in [3.05, 3.63) is 17.7 Å². The van der Waals surface area contributed by atoms with Crippen molar-refractivity contribution in [2.24, 2.45) is 0 Å². The van der Waals surface area contributed by atoms with Gasteiger partial charge in [0.15, 0.2) is 0 Å². The lowest BCUT2D eigenvalue weighted by Gasteiger charge is -2.26. The molecule has 1 aromatic rings. The highest BCUT2D eigenvalue weighted by Gasteiger charge is 2.08. The van der Waals surface area contributed by atoms with Crippen molar-refractivity contribution >= 4 is 0 Å². The number of hydrogen-bond donors (Lipinski definition) is 2. The average molecular weight is 224 g/mol. The molecule has 1 aromatic heterocycles. The molecular weight excluding hydrogens is 204 g/mol. The molecule has 2 rings (SSSR count). The van der Waals surface area contributed by atoms with E-state index in [1.807, 2.05) is 13.1 Å². The summed E-state index contributed by atoms with van der Waals surface area (Å²) in [5, 5.41) is 3.41. The van der Waals surface area contributed by atoms with Crippen LogP contribution in [0.3, 0.4) is 0 Å². The van der Waals surface area contributed by atoms with Gasteiger partial charge < -0.3 is 15.0 Å². The molecule has 0 spiro atoms. The van der Waals surface area contributed by atoms with Crippen molar-refractivity contribution in [2.45, 2.75) is 13.5 Å². The standard InChI is InChI=1S/C11H20N4O/c1-10-13-9-11(14-10)8-12-2-3-15-4-6-16-7-5-15/h9,12H,2-8H2,1H3,(H,13,14). The molecule has 1 fully saturated rings. The van der Waals surface area contributed by atoms with Crippen LogP contribution >= 0.6 is 0 Å². The Morgan fingerprint density at radius 2 is 2.31 bits per heavy atom. The van der Waals surface area contributed by atoms with Crippen molar-refractivity contribution in [2.75, 3.05) is 39.4 Å². The molecule has 2 N–H and O–H groups in total. The van der Waals surface area contributed by atoms with E-state index in [1.165, 1.54) is 0 Å². The fourth-order valence-corrected chi connectivity index (χ4v) is 1.85. The largest absolute Gasteiger partial charge is 0.379 e. The van der Waals surface area contributed by atoms with Crippen LogP contribution in [0.1, 0.15) is 11.5 Å². The van der Waals surface area contributed by atoms with Crippen LogP contribution < -0.4 is 5.32 Å². The van der Waals surface area contributed by atoms with Crippen LogP contribution in [0.2, 0.25) is 0 Å². The highest BCUT2D eigenvalue weighted by molar-refractivity contribution is 4.99. The molecule has 16 heavy (non-hydrogen) atoms. The summed E-state index contributed by atoms with van der Waals surface area (Å²) in [5.74, 6) is 0.977. The molecule has 5 heteroatoms. The monoisotopic (exact) mass is 224 g/mol. The molecular formula is C11H20N4O. The second-order valence-corrected chi connectivity index (χ2v) is 4.12. The van der Waals surface area contributed by atoms with E-state index in [1.54, 1.807) is 0 Å². The second kappa shape index (κ2) is 5.98. The van der Waals surface area contributed by atoms with Crippen molar-refractivity contribution in [3.63, 3.8) is 0 Å². The maximum absolute atomic E-state index is 5.30. The minimum Gasteiger partial charge on any atom is -0.379 e. The van der Waals surface area contributed by atoms with E-state index < -0.39 is 0 Å². The van der Waals surface area contributed by atoms with Crippen molar-refractivity contribution < 1.29 is 4.74 Å². The summed E-state index contributed by atoms with van der Waals surface area (Å²) < 4.78 is 5.30. The predicted octanol–water partition coefficient (Wildman–Crippen LogP) is 0.140. The van der Waals surface area contributed by atoms with Crippen molar-refractivity contribution in [3.8, 4) is 0 Å². The number of morpholine rings is 1. The third-order valence-electron chi connectivity index (χ3n) is 2.78. The van der Waals surface area contributed by atoms with Gasteiger partial charge in [0.1, 0.15) is 5.82 Å². The van der Waals surface area contributed by atoms with E-state index in [0.29, 0.717) is 0 Å². The summed E-state index contributed by atoms with van der Waals surface area (Å²) in [6, 6.07) is 0. The summed E-state index contributed by atoms with van der Waals surface area (Å²) in [6.07, 6.45) is 1.89. The van der Waals surface area contributed by atoms with E-state index in [4.69, 9.17) is 4.74 Å². The molecule has 1 saturated heterocycles. The third kappa shape index (κ3) is 3.59. The summed E-state index contributed by atoms with van der Waals surface area (Å²) in [7, 11) is 0. The Balaban J connectivity index is 1.57. The number of nitrogens with zero attached hydrogens (tertiary/aromatic N) is 2. The fraction of sp³-hybridized carbons (Fsp3) is 0.727. The summed E-state index contributed by atoms with van der Waals surface area (Å²) in [5.41, 5.74) is 1.15. The summed E-state index contributed by atoms with van der Waals surface area (Å²) >= 11 is 0. The Bertz CT molecular complexity index is 307. The number of ether oxygens (including phenoxy) is 1. The van der Waals surface area contributed by atoms with Crippen LogP contribution in [-0.4, -0.2) is 54.3 Å². The zero-order chi connectivity index (χ0) is 11.2. The Morgan fingerprint density at radius 1 is 1.50 bits per heavy atom. The van der Waals surface area contributed by atoms with Gasteiger partial charge in [-0.05, 0) is 6.92 Å². The SMILES string of the molecule is Cc1ncc(CNCCN2CCOCC2)[nH]1. The van der Waals surface area contributed by atoms with Crippen LogP contribution in [-0.2, 0) is 11.3 Å². The average Bonchev–Trinajstić information content (AvgIpc) is 2.72. The lowest BCUT2D eigenvalue weighted by atomic mass is 10.4. The zero-order valence-electron chi connectivity index (χ0n) is 9.83. The number of nitrogens with one attached hydrogen (secondary N) is 2. The van der Waals surface area contributed by atoms with Crippen molar-refractivity contribution in [1.29, 1.82) is 0 Å². The van der Waals surface area contributed by atoms with Gasteiger partial charge in [0.25, 0.3) is 0 Å². The van der Waals surface area contributed by atoms with Crippen LogP contribution in [0.5, 0.6) is 0 Å². The lowest BCUT2D eigenvalue weighted by Crippen LogP contribution is -2.40. The highest BCUT2D eigenvalue weighted by Crippen LogP contribution is 1.96. The third-order valence-corrected chi connectivity index (χ3v) is 2.78. The first-order valence-corrected chi connectivity index (χ1v) is 5.86. The van der Waals surface area contributed by atoms with Gasteiger partial charge in [-0.15, -0.1) is 0 Å². The van der Waals surface area contributed by atoms with Gasteiger partial charge in [-0.1, -0.05) is 0 Å². The molecule has 90 valence electrons. The molecule has 0 aliphatic carbocycles. The van der Waals surface area contributed by atoms with E-state index in [-0.39, 0.29) is 0 Å². The van der Waals surface area contributed by atoms with Crippen LogP contribution in [0.15, 0.2) is 6.20 Å². The normalized spacial score (nSPS) is 17.8. The van der Waals surface area contributed by atoms with Gasteiger partial charge in [0.2, 0.25) is 0 Å². The maximum Gasteiger partial charge on any atom is 0.103 e. The minimum absolute atomic E-state index is 0.866. The first-order chi connectivity index (χ1) is 7.84. The Hall–Kier alpha value is -0.910. The zero-order valence-corrected chi connectivity index (χ0v) is 9.83. The van der Waals surface area contributed by atoms with Gasteiger partial charge in [0.05, 0.1) is 13.2 Å². The quantitative estimate of drug-likeness (QED) is 0.699. The minimum atomic E-state index is 0.866. The molecule has 2 heterocycles. The number of H-pyrrole nitrogens is 1. The number of aryl methyl sites for hydroxylation is 1. The molecule has 0 amide bonds.